The lowest BCUT2D eigenvalue weighted by molar-refractivity contribution is 0.158. The summed E-state index contributed by atoms with van der Waals surface area (Å²) >= 11 is 0. The van der Waals surface area contributed by atoms with E-state index in [1.165, 1.54) is 24.8 Å². The van der Waals surface area contributed by atoms with Crippen molar-refractivity contribution in [3.05, 3.63) is 35.9 Å². The van der Waals surface area contributed by atoms with Crippen LogP contribution in [0.1, 0.15) is 31.2 Å². The topological polar surface area (TPSA) is 35.6 Å². The van der Waals surface area contributed by atoms with E-state index in [1.54, 1.807) is 0 Å². The van der Waals surface area contributed by atoms with E-state index in [1.807, 2.05) is 0 Å². The molecule has 2 heterocycles. The Morgan fingerprint density at radius 2 is 1.79 bits per heavy atom. The molecule has 1 aromatic rings. The number of carbonyl (C=O) groups is 1. The number of hydrogen-bond donors (Lipinski definition) is 1. The summed E-state index contributed by atoms with van der Waals surface area (Å²) in [5.41, 5.74) is 1.40. The van der Waals surface area contributed by atoms with Crippen LogP contribution in [0.3, 0.4) is 0 Å². The van der Waals surface area contributed by atoms with Crippen LogP contribution < -0.4 is 5.32 Å². The fourth-order valence-corrected chi connectivity index (χ4v) is 4.73. The van der Waals surface area contributed by atoms with Crippen molar-refractivity contribution in [3.63, 3.8) is 0 Å². The summed E-state index contributed by atoms with van der Waals surface area (Å²) in [6.07, 6.45) is 6.18. The lowest BCUT2D eigenvalue weighted by atomic mass is 9.99. The molecule has 3 aliphatic rings. The third-order valence-corrected chi connectivity index (χ3v) is 6.05. The summed E-state index contributed by atoms with van der Waals surface area (Å²) in [4.78, 5) is 17.1. The van der Waals surface area contributed by atoms with Gasteiger partial charge < -0.3 is 15.1 Å². The van der Waals surface area contributed by atoms with Gasteiger partial charge in [0.1, 0.15) is 0 Å². The minimum atomic E-state index is 0.182. The summed E-state index contributed by atoms with van der Waals surface area (Å²) < 4.78 is 0. The minimum absolute atomic E-state index is 0.182. The first-order chi connectivity index (χ1) is 11.8. The number of likely N-dealkylation sites (tertiary alicyclic amines) is 2. The van der Waals surface area contributed by atoms with Crippen molar-refractivity contribution in [3.8, 4) is 0 Å². The second-order valence-corrected chi connectivity index (χ2v) is 7.92. The van der Waals surface area contributed by atoms with Gasteiger partial charge in [-0.3, -0.25) is 0 Å². The van der Waals surface area contributed by atoms with Crippen molar-refractivity contribution in [1.29, 1.82) is 0 Å². The van der Waals surface area contributed by atoms with Crippen LogP contribution in [0.25, 0.3) is 0 Å². The fourth-order valence-electron chi connectivity index (χ4n) is 4.73. The zero-order valence-corrected chi connectivity index (χ0v) is 14.5. The van der Waals surface area contributed by atoms with Crippen molar-refractivity contribution >= 4 is 6.03 Å². The van der Waals surface area contributed by atoms with Gasteiger partial charge in [0.05, 0.1) is 0 Å². The molecule has 3 atom stereocenters. The summed E-state index contributed by atoms with van der Waals surface area (Å²) in [6.45, 7) is 5.14. The fraction of sp³-hybridized carbons (Fsp3) is 0.650. The van der Waals surface area contributed by atoms with Gasteiger partial charge in [0.2, 0.25) is 0 Å². The lowest BCUT2D eigenvalue weighted by Gasteiger charge is -2.32. The highest BCUT2D eigenvalue weighted by molar-refractivity contribution is 5.74. The Kier molecular flexibility index (Phi) is 4.74. The molecule has 2 saturated heterocycles. The summed E-state index contributed by atoms with van der Waals surface area (Å²) in [5.74, 6) is 1.53. The Labute approximate surface area is 145 Å². The van der Waals surface area contributed by atoms with Crippen LogP contribution in [0, 0.1) is 11.8 Å². The van der Waals surface area contributed by atoms with Gasteiger partial charge in [-0.05, 0) is 49.5 Å². The molecule has 4 heteroatoms. The van der Waals surface area contributed by atoms with E-state index in [0.29, 0.717) is 6.04 Å². The van der Waals surface area contributed by atoms with Gasteiger partial charge in [0.25, 0.3) is 0 Å². The predicted octanol–water partition coefficient (Wildman–Crippen LogP) is 2.74. The first-order valence-corrected chi connectivity index (χ1v) is 9.58. The Hall–Kier alpha value is -1.55. The Bertz CT molecular complexity index is 549. The smallest absolute Gasteiger partial charge is 0.317 e. The maximum atomic E-state index is 12.6. The van der Waals surface area contributed by atoms with Gasteiger partial charge in [0.15, 0.2) is 0 Å². The van der Waals surface area contributed by atoms with Crippen LogP contribution in [0.5, 0.6) is 0 Å². The van der Waals surface area contributed by atoms with Crippen molar-refractivity contribution in [2.24, 2.45) is 11.8 Å². The van der Waals surface area contributed by atoms with Crippen LogP contribution >= 0.6 is 0 Å². The van der Waals surface area contributed by atoms with Crippen molar-refractivity contribution in [2.45, 2.75) is 38.1 Å². The molecule has 1 saturated carbocycles. The van der Waals surface area contributed by atoms with Gasteiger partial charge in [0, 0.05) is 38.8 Å². The molecular formula is C20H29N3O. The molecule has 2 aliphatic heterocycles. The number of benzene rings is 1. The molecule has 1 aromatic carbocycles. The average molecular weight is 327 g/mol. The third-order valence-electron chi connectivity index (χ3n) is 6.05. The Balaban J connectivity index is 1.21. The summed E-state index contributed by atoms with van der Waals surface area (Å²) in [7, 11) is 0. The number of nitrogens with one attached hydrogen (secondary N) is 1. The summed E-state index contributed by atoms with van der Waals surface area (Å²) in [6, 6.07) is 11.2. The molecule has 4 rings (SSSR count). The first kappa shape index (κ1) is 15.9. The Morgan fingerprint density at radius 1 is 1.04 bits per heavy atom. The normalized spacial score (nSPS) is 29.8. The van der Waals surface area contributed by atoms with E-state index >= 15 is 0 Å². The number of nitrogens with zero attached hydrogens (tertiary/aromatic N) is 2. The molecule has 1 aliphatic carbocycles. The number of fused-ring (bicyclic) bond motifs is 2. The van der Waals surface area contributed by atoms with Crippen LogP contribution in [0.2, 0.25) is 0 Å². The van der Waals surface area contributed by atoms with Crippen LogP contribution in [0.15, 0.2) is 30.3 Å². The lowest BCUT2D eigenvalue weighted by Crippen LogP contribution is -2.49. The van der Waals surface area contributed by atoms with E-state index in [2.05, 4.69) is 45.4 Å². The SMILES string of the molecule is O=C(N[C@H]1CCN(CCc2ccccc2)C1)N1CC2CCC(C2)C1. The molecule has 2 unspecified atom stereocenters. The molecule has 2 bridgehead atoms. The molecule has 4 nitrogen and oxygen atoms in total. The van der Waals surface area contributed by atoms with Crippen LogP contribution in [-0.2, 0) is 6.42 Å². The zero-order chi connectivity index (χ0) is 16.4. The molecule has 0 radical (unpaired) electrons. The maximum Gasteiger partial charge on any atom is 0.317 e. The number of rotatable bonds is 4. The zero-order valence-electron chi connectivity index (χ0n) is 14.5. The Morgan fingerprint density at radius 3 is 2.54 bits per heavy atom. The minimum Gasteiger partial charge on any atom is -0.334 e. The molecule has 0 spiro atoms. The molecule has 3 fully saturated rings. The number of piperidine rings is 1. The monoisotopic (exact) mass is 327 g/mol. The summed E-state index contributed by atoms with van der Waals surface area (Å²) in [5, 5.41) is 3.29. The van der Waals surface area contributed by atoms with E-state index in [4.69, 9.17) is 0 Å². The van der Waals surface area contributed by atoms with Gasteiger partial charge in [-0.2, -0.15) is 0 Å². The quantitative estimate of drug-likeness (QED) is 0.923. The molecule has 0 aromatic heterocycles. The van der Waals surface area contributed by atoms with Crippen LogP contribution in [0.4, 0.5) is 4.79 Å². The van der Waals surface area contributed by atoms with Crippen molar-refractivity contribution < 1.29 is 4.79 Å². The van der Waals surface area contributed by atoms with E-state index in [0.717, 1.165) is 57.4 Å². The average Bonchev–Trinajstić information content (AvgIpc) is 3.19. The van der Waals surface area contributed by atoms with E-state index in [-0.39, 0.29) is 6.03 Å². The standard InChI is InChI=1S/C20H29N3O/c24-20(23-13-17-6-7-18(12-17)14-23)21-19-9-11-22(15-19)10-8-16-4-2-1-3-5-16/h1-5,17-19H,6-15H2,(H,21,24)/t17?,18?,19-/m0/s1. The second kappa shape index (κ2) is 7.14. The number of hydrogen-bond acceptors (Lipinski definition) is 2. The van der Waals surface area contributed by atoms with Crippen LogP contribution in [-0.4, -0.2) is 54.6 Å². The molecular weight excluding hydrogens is 298 g/mol. The van der Waals surface area contributed by atoms with E-state index < -0.39 is 0 Å². The first-order valence-electron chi connectivity index (χ1n) is 9.58. The molecule has 1 N–H and O–H groups in total. The largest absolute Gasteiger partial charge is 0.334 e. The molecule has 24 heavy (non-hydrogen) atoms. The van der Waals surface area contributed by atoms with Gasteiger partial charge in [-0.15, -0.1) is 0 Å². The third kappa shape index (κ3) is 3.75. The highest BCUT2D eigenvalue weighted by Gasteiger charge is 2.35. The highest BCUT2D eigenvalue weighted by Crippen LogP contribution is 2.36. The second-order valence-electron chi connectivity index (χ2n) is 7.92. The number of urea groups is 1. The maximum absolute atomic E-state index is 12.6. The molecule has 2 amide bonds. The number of carbonyl (C=O) groups excluding carboxylic acids is 1. The van der Waals surface area contributed by atoms with Gasteiger partial charge in [-0.25, -0.2) is 4.79 Å². The predicted molar refractivity (Wildman–Crippen MR) is 95.9 cm³/mol. The van der Waals surface area contributed by atoms with Gasteiger partial charge >= 0.3 is 6.03 Å². The molecule has 130 valence electrons. The number of amides is 2. The highest BCUT2D eigenvalue weighted by atomic mass is 16.2. The van der Waals surface area contributed by atoms with Gasteiger partial charge in [-0.1, -0.05) is 30.3 Å². The van der Waals surface area contributed by atoms with E-state index in [9.17, 15) is 4.79 Å². The van der Waals surface area contributed by atoms with Crippen molar-refractivity contribution in [1.82, 2.24) is 15.1 Å². The van der Waals surface area contributed by atoms with Crippen molar-refractivity contribution in [2.75, 3.05) is 32.7 Å².